The van der Waals surface area contributed by atoms with Crippen molar-refractivity contribution in [2.24, 2.45) is 0 Å². The maximum absolute atomic E-state index is 10.9. The second-order valence-electron chi connectivity index (χ2n) is 2.83. The van der Waals surface area contributed by atoms with Gasteiger partial charge in [0.1, 0.15) is 0 Å². The summed E-state index contributed by atoms with van der Waals surface area (Å²) in [4.78, 5) is 20.7. The number of para-hydroxylation sites is 1. The van der Waals surface area contributed by atoms with Gasteiger partial charge in [0.25, 0.3) is 5.69 Å². The van der Waals surface area contributed by atoms with Crippen molar-refractivity contribution in [3.05, 3.63) is 39.9 Å². The summed E-state index contributed by atoms with van der Waals surface area (Å²) in [6.45, 7) is 8.32. The van der Waals surface area contributed by atoms with Crippen molar-refractivity contribution in [3.63, 3.8) is 0 Å². The predicted octanol–water partition coefficient (Wildman–Crippen LogP) is 2.07. The molecule has 0 heterocycles. The number of nitrogens with zero attached hydrogens (tertiary/aromatic N) is 1. The number of nitro benzene ring substituents is 1. The Balaban J connectivity index is 0. The maximum atomic E-state index is 10.9. The molecule has 3 N–H and O–H groups in total. The van der Waals surface area contributed by atoms with Crippen LogP contribution in [0.1, 0.15) is 38.1 Å². The molecule has 0 aromatic heterocycles. The van der Waals surface area contributed by atoms with Crippen molar-refractivity contribution in [2.75, 3.05) is 6.54 Å². The van der Waals surface area contributed by atoms with E-state index in [1.807, 2.05) is 20.8 Å². The number of carbonyl (C=O) groups is 1. The van der Waals surface area contributed by atoms with Crippen LogP contribution in [0, 0.1) is 10.1 Å². The molecule has 0 bridgehead atoms. The Bertz CT molecular complexity index is 318. The van der Waals surface area contributed by atoms with Crippen LogP contribution in [0.3, 0.4) is 0 Å². The first kappa shape index (κ1) is 17.6. The third kappa shape index (κ3) is 7.19. The molecular formula is C12H21N2O3+. The number of quaternary nitrogens is 1. The average molecular weight is 241 g/mol. The van der Waals surface area contributed by atoms with Gasteiger partial charge < -0.3 is 5.73 Å². The molecule has 1 aromatic carbocycles. The Morgan fingerprint density at radius 2 is 1.76 bits per heavy atom. The summed E-state index contributed by atoms with van der Waals surface area (Å²) in [6, 6.07) is 5.89. The molecule has 1 aromatic rings. The van der Waals surface area contributed by atoms with Crippen molar-refractivity contribution in [2.45, 2.75) is 27.7 Å². The van der Waals surface area contributed by atoms with Gasteiger partial charge in [-0.2, -0.15) is 0 Å². The van der Waals surface area contributed by atoms with Crippen molar-refractivity contribution < 1.29 is 15.5 Å². The third-order valence-corrected chi connectivity index (χ3v) is 1.48. The summed E-state index contributed by atoms with van der Waals surface area (Å²) < 4.78 is 0. The van der Waals surface area contributed by atoms with Gasteiger partial charge in [-0.3, -0.25) is 14.9 Å². The van der Waals surface area contributed by atoms with E-state index in [0.717, 1.165) is 6.54 Å². The molecule has 0 aliphatic rings. The van der Waals surface area contributed by atoms with Gasteiger partial charge in [-0.25, -0.2) is 0 Å². The molecule has 0 radical (unpaired) electrons. The second-order valence-corrected chi connectivity index (χ2v) is 2.83. The van der Waals surface area contributed by atoms with Crippen LogP contribution in [-0.2, 0) is 0 Å². The van der Waals surface area contributed by atoms with E-state index in [1.54, 1.807) is 6.07 Å². The standard InChI is InChI=1S/C8H7NO3.C2H7N.C2H6/c1-6(10)7-4-2-3-5-8(7)9(11)12;1-2-3;1-2/h2-5H,1H3;2-3H2,1H3;1-2H3/p+1. The number of carbonyl (C=O) groups excluding carboxylic acids is 1. The molecule has 5 nitrogen and oxygen atoms in total. The summed E-state index contributed by atoms with van der Waals surface area (Å²) >= 11 is 0. The summed E-state index contributed by atoms with van der Waals surface area (Å²) in [5.74, 6) is -0.290. The van der Waals surface area contributed by atoms with Crippen LogP contribution >= 0.6 is 0 Å². The van der Waals surface area contributed by atoms with Crippen molar-refractivity contribution in [1.82, 2.24) is 0 Å². The highest BCUT2D eigenvalue weighted by Crippen LogP contribution is 2.17. The van der Waals surface area contributed by atoms with Crippen LogP contribution in [0.25, 0.3) is 0 Å². The maximum Gasteiger partial charge on any atom is 0.280 e. The van der Waals surface area contributed by atoms with Gasteiger partial charge in [0.2, 0.25) is 0 Å². The Hall–Kier alpha value is -1.75. The first-order valence-corrected chi connectivity index (χ1v) is 5.58. The highest BCUT2D eigenvalue weighted by Gasteiger charge is 2.14. The largest absolute Gasteiger partial charge is 0.358 e. The summed E-state index contributed by atoms with van der Waals surface area (Å²) in [7, 11) is 0. The lowest BCUT2D eigenvalue weighted by Gasteiger charge is -1.95. The van der Waals surface area contributed by atoms with Crippen LogP contribution in [0.2, 0.25) is 0 Å². The molecule has 0 fully saturated rings. The number of ketones is 1. The first-order valence-electron chi connectivity index (χ1n) is 5.58. The summed E-state index contributed by atoms with van der Waals surface area (Å²) in [6.07, 6.45) is 0. The summed E-state index contributed by atoms with van der Waals surface area (Å²) in [5, 5.41) is 10.4. The first-order chi connectivity index (χ1) is 8.04. The third-order valence-electron chi connectivity index (χ3n) is 1.48. The number of hydrogen-bond donors (Lipinski definition) is 1. The lowest BCUT2D eigenvalue weighted by Crippen LogP contribution is -2.48. The molecule has 0 atom stereocenters. The number of nitro groups is 1. The molecule has 0 amide bonds. The van der Waals surface area contributed by atoms with Gasteiger partial charge in [0.05, 0.1) is 17.0 Å². The highest BCUT2D eigenvalue weighted by atomic mass is 16.6. The molecule has 0 saturated carbocycles. The van der Waals surface area contributed by atoms with Gasteiger partial charge in [-0.1, -0.05) is 26.0 Å². The number of rotatable bonds is 2. The van der Waals surface area contributed by atoms with Gasteiger partial charge in [0.15, 0.2) is 5.78 Å². The minimum absolute atomic E-state index is 0.134. The normalized spacial score (nSPS) is 8.06. The van der Waals surface area contributed by atoms with Crippen molar-refractivity contribution in [1.29, 1.82) is 0 Å². The minimum Gasteiger partial charge on any atom is -0.358 e. The predicted molar refractivity (Wildman–Crippen MR) is 67.9 cm³/mol. The van der Waals surface area contributed by atoms with E-state index in [1.165, 1.54) is 25.1 Å². The molecule has 1 rings (SSSR count). The van der Waals surface area contributed by atoms with E-state index in [2.05, 4.69) is 5.73 Å². The summed E-state index contributed by atoms with van der Waals surface area (Å²) in [5.41, 5.74) is 3.51. The van der Waals surface area contributed by atoms with E-state index in [4.69, 9.17) is 0 Å². The highest BCUT2D eigenvalue weighted by molar-refractivity contribution is 5.97. The van der Waals surface area contributed by atoms with Crippen molar-refractivity contribution in [3.8, 4) is 0 Å². The fourth-order valence-corrected chi connectivity index (χ4v) is 0.931. The van der Waals surface area contributed by atoms with Gasteiger partial charge in [0, 0.05) is 6.07 Å². The SMILES string of the molecule is CC.CC(=O)c1ccccc1[N+](=O)[O-].CC[NH3+]. The van der Waals surface area contributed by atoms with Gasteiger partial charge in [-0.05, 0) is 19.9 Å². The quantitative estimate of drug-likeness (QED) is 0.488. The lowest BCUT2D eigenvalue weighted by molar-refractivity contribution is -0.385. The molecule has 0 saturated heterocycles. The smallest absolute Gasteiger partial charge is 0.280 e. The Morgan fingerprint density at radius 1 is 1.35 bits per heavy atom. The molecule has 0 aliphatic heterocycles. The Labute approximate surface area is 102 Å². The zero-order valence-electron chi connectivity index (χ0n) is 10.9. The van der Waals surface area contributed by atoms with Gasteiger partial charge >= 0.3 is 0 Å². The van der Waals surface area contributed by atoms with E-state index < -0.39 is 4.92 Å². The van der Waals surface area contributed by atoms with Crippen LogP contribution < -0.4 is 5.73 Å². The van der Waals surface area contributed by atoms with Crippen molar-refractivity contribution >= 4 is 11.5 Å². The van der Waals surface area contributed by atoms with E-state index >= 15 is 0 Å². The van der Waals surface area contributed by atoms with Crippen LogP contribution in [-0.4, -0.2) is 17.3 Å². The fourth-order valence-electron chi connectivity index (χ4n) is 0.931. The molecule has 5 heteroatoms. The van der Waals surface area contributed by atoms with E-state index in [0.29, 0.717) is 0 Å². The fraction of sp³-hybridized carbons (Fsp3) is 0.417. The number of hydrogen-bond acceptors (Lipinski definition) is 3. The Kier molecular flexibility index (Phi) is 11.2. The van der Waals surface area contributed by atoms with Gasteiger partial charge in [-0.15, -0.1) is 0 Å². The number of Topliss-reactive ketones (excluding diaryl/α,β-unsaturated/α-hetero) is 1. The molecule has 0 spiro atoms. The molecular weight excluding hydrogens is 220 g/mol. The molecule has 0 aliphatic carbocycles. The van der Waals surface area contributed by atoms with E-state index in [9.17, 15) is 14.9 Å². The van der Waals surface area contributed by atoms with Crippen LogP contribution in [0.15, 0.2) is 24.3 Å². The molecule has 96 valence electrons. The zero-order valence-corrected chi connectivity index (χ0v) is 10.9. The second kappa shape index (κ2) is 10.8. The Morgan fingerprint density at radius 3 is 2.06 bits per heavy atom. The van der Waals surface area contributed by atoms with Crippen LogP contribution in [0.5, 0.6) is 0 Å². The average Bonchev–Trinajstić information content (AvgIpc) is 2.32. The minimum atomic E-state index is -0.559. The monoisotopic (exact) mass is 241 g/mol. The van der Waals surface area contributed by atoms with E-state index in [-0.39, 0.29) is 17.0 Å². The zero-order chi connectivity index (χ0) is 13.8. The topological polar surface area (TPSA) is 87.8 Å². The molecule has 0 unspecified atom stereocenters. The lowest BCUT2D eigenvalue weighted by atomic mass is 10.1. The molecule has 17 heavy (non-hydrogen) atoms. The van der Waals surface area contributed by atoms with Crippen LogP contribution in [0.4, 0.5) is 5.69 Å². The number of benzene rings is 1.